The molecule has 8 nitrogen and oxygen atoms in total. The van der Waals surface area contributed by atoms with Crippen LogP contribution in [0.4, 0.5) is 0 Å². The molecule has 118 valence electrons. The number of carbonyl (C=O) groups excluding carboxylic acids is 3. The molecule has 1 aliphatic rings. The predicted octanol–water partition coefficient (Wildman–Crippen LogP) is -1.31. The minimum atomic E-state index is -3.65. The molecule has 1 amide bonds. The van der Waals surface area contributed by atoms with Crippen LogP contribution in [0.2, 0.25) is 0 Å². The van der Waals surface area contributed by atoms with E-state index < -0.39 is 39.2 Å². The number of rotatable bonds is 7. The Morgan fingerprint density at radius 3 is 2.67 bits per heavy atom. The summed E-state index contributed by atoms with van der Waals surface area (Å²) in [6.07, 6.45) is -0.199. The maximum absolute atomic E-state index is 11.8. The number of amides is 1. The molecule has 0 aromatic rings. The molecule has 0 aromatic heterocycles. The number of nitrogens with one attached hydrogen (secondary N) is 1. The standard InChI is InChI=1S/C12H17NO7S/c1-8(14)13-7-20-12(17)2-3-21(18,19)6-9-4-10(15)5-11(9)16/h4,10,15H,2-3,5-7H2,1H3,(H,13,14)/t10-/m0/s1. The normalized spacial score (nSPS) is 18.3. The Bertz CT molecular complexity index is 564. The predicted molar refractivity (Wildman–Crippen MR) is 71.8 cm³/mol. The van der Waals surface area contributed by atoms with E-state index in [1.807, 2.05) is 0 Å². The Hall–Kier alpha value is -1.74. The molecule has 0 aromatic carbocycles. The third kappa shape index (κ3) is 6.50. The zero-order valence-electron chi connectivity index (χ0n) is 11.5. The fraction of sp³-hybridized carbons (Fsp3) is 0.583. The van der Waals surface area contributed by atoms with Crippen molar-refractivity contribution in [2.24, 2.45) is 0 Å². The summed E-state index contributed by atoms with van der Waals surface area (Å²) in [5.41, 5.74) is 0.0501. The molecule has 0 radical (unpaired) electrons. The van der Waals surface area contributed by atoms with E-state index in [1.165, 1.54) is 13.0 Å². The lowest BCUT2D eigenvalue weighted by molar-refractivity contribution is -0.144. The van der Waals surface area contributed by atoms with Gasteiger partial charge in [0.25, 0.3) is 0 Å². The van der Waals surface area contributed by atoms with Crippen LogP contribution in [-0.2, 0) is 29.0 Å². The highest BCUT2D eigenvalue weighted by Crippen LogP contribution is 2.17. The molecule has 2 N–H and O–H groups in total. The third-order valence-corrected chi connectivity index (χ3v) is 4.27. The maximum atomic E-state index is 11.8. The number of Topliss-reactive ketones (excluding diaryl/α,β-unsaturated/α-hetero) is 1. The summed E-state index contributed by atoms with van der Waals surface area (Å²) in [6.45, 7) is 0.934. The Morgan fingerprint density at radius 1 is 1.48 bits per heavy atom. The van der Waals surface area contributed by atoms with Gasteiger partial charge in [0, 0.05) is 18.9 Å². The second-order valence-corrected chi connectivity index (χ2v) is 6.81. The number of esters is 1. The van der Waals surface area contributed by atoms with Crippen LogP contribution in [0.3, 0.4) is 0 Å². The van der Waals surface area contributed by atoms with E-state index in [0.717, 1.165) is 0 Å². The van der Waals surface area contributed by atoms with E-state index in [-0.39, 0.29) is 31.1 Å². The molecular formula is C12H17NO7S. The summed E-state index contributed by atoms with van der Waals surface area (Å²) >= 11 is 0. The summed E-state index contributed by atoms with van der Waals surface area (Å²) in [7, 11) is -3.65. The van der Waals surface area contributed by atoms with E-state index in [0.29, 0.717) is 0 Å². The summed E-state index contributed by atoms with van der Waals surface area (Å²) < 4.78 is 28.1. The van der Waals surface area contributed by atoms with Gasteiger partial charge in [-0.05, 0) is 6.08 Å². The van der Waals surface area contributed by atoms with Crippen molar-refractivity contribution in [2.45, 2.75) is 25.9 Å². The fourth-order valence-electron chi connectivity index (χ4n) is 1.67. The van der Waals surface area contributed by atoms with Crippen LogP contribution in [0, 0.1) is 0 Å². The highest BCUT2D eigenvalue weighted by atomic mass is 32.2. The summed E-state index contributed by atoms with van der Waals surface area (Å²) in [5, 5.41) is 11.5. The Balaban J connectivity index is 2.39. The first-order chi connectivity index (χ1) is 9.69. The van der Waals surface area contributed by atoms with Crippen molar-refractivity contribution < 1.29 is 32.6 Å². The molecule has 0 aliphatic heterocycles. The van der Waals surface area contributed by atoms with Crippen LogP contribution >= 0.6 is 0 Å². The van der Waals surface area contributed by atoms with Gasteiger partial charge in [0.2, 0.25) is 5.91 Å². The topological polar surface area (TPSA) is 127 Å². The van der Waals surface area contributed by atoms with Gasteiger partial charge in [-0.25, -0.2) is 8.42 Å². The molecule has 21 heavy (non-hydrogen) atoms. The minimum absolute atomic E-state index is 0.0501. The van der Waals surface area contributed by atoms with Crippen LogP contribution in [0.25, 0.3) is 0 Å². The number of carbonyl (C=O) groups is 3. The van der Waals surface area contributed by atoms with Gasteiger partial charge in [-0.1, -0.05) is 0 Å². The van der Waals surface area contributed by atoms with E-state index in [1.54, 1.807) is 0 Å². The van der Waals surface area contributed by atoms with Crippen LogP contribution < -0.4 is 5.32 Å². The van der Waals surface area contributed by atoms with Crippen molar-refractivity contribution >= 4 is 27.5 Å². The Labute approximate surface area is 122 Å². The van der Waals surface area contributed by atoms with Gasteiger partial charge in [-0.2, -0.15) is 0 Å². The molecule has 1 rings (SSSR count). The van der Waals surface area contributed by atoms with Crippen LogP contribution in [-0.4, -0.2) is 55.5 Å². The molecule has 0 bridgehead atoms. The molecule has 0 saturated carbocycles. The number of ketones is 1. The van der Waals surface area contributed by atoms with E-state index in [2.05, 4.69) is 10.1 Å². The van der Waals surface area contributed by atoms with E-state index in [9.17, 15) is 27.9 Å². The Kier molecular flexibility index (Phi) is 6.03. The van der Waals surface area contributed by atoms with Gasteiger partial charge >= 0.3 is 5.97 Å². The average Bonchev–Trinajstić information content (AvgIpc) is 2.64. The zero-order chi connectivity index (χ0) is 16.0. The molecule has 0 saturated heterocycles. The molecule has 9 heteroatoms. The van der Waals surface area contributed by atoms with Crippen LogP contribution in [0.1, 0.15) is 19.8 Å². The highest BCUT2D eigenvalue weighted by Gasteiger charge is 2.26. The molecule has 0 fully saturated rings. The number of hydrogen-bond donors (Lipinski definition) is 2. The van der Waals surface area contributed by atoms with Gasteiger partial charge in [-0.3, -0.25) is 14.4 Å². The summed E-state index contributed by atoms with van der Waals surface area (Å²) in [5.74, 6) is -2.51. The van der Waals surface area contributed by atoms with Crippen LogP contribution in [0.5, 0.6) is 0 Å². The Morgan fingerprint density at radius 2 is 2.14 bits per heavy atom. The molecule has 0 unspecified atom stereocenters. The van der Waals surface area contributed by atoms with Gasteiger partial charge in [-0.15, -0.1) is 0 Å². The first-order valence-electron chi connectivity index (χ1n) is 6.22. The molecular weight excluding hydrogens is 302 g/mol. The highest BCUT2D eigenvalue weighted by molar-refractivity contribution is 7.91. The first-order valence-corrected chi connectivity index (χ1v) is 8.04. The van der Waals surface area contributed by atoms with Gasteiger partial charge in [0.1, 0.15) is 0 Å². The molecule has 1 atom stereocenters. The van der Waals surface area contributed by atoms with Gasteiger partial charge < -0.3 is 15.2 Å². The third-order valence-electron chi connectivity index (χ3n) is 2.69. The van der Waals surface area contributed by atoms with Crippen molar-refractivity contribution in [3.63, 3.8) is 0 Å². The van der Waals surface area contributed by atoms with Crippen LogP contribution in [0.15, 0.2) is 11.6 Å². The van der Waals surface area contributed by atoms with Crippen molar-refractivity contribution in [3.05, 3.63) is 11.6 Å². The number of aliphatic hydroxyl groups excluding tert-OH is 1. The first kappa shape index (κ1) is 17.3. The van der Waals surface area contributed by atoms with Crippen molar-refractivity contribution in [3.8, 4) is 0 Å². The number of sulfone groups is 1. The quantitative estimate of drug-likeness (QED) is 0.440. The van der Waals surface area contributed by atoms with E-state index >= 15 is 0 Å². The molecule has 1 aliphatic carbocycles. The lowest BCUT2D eigenvalue weighted by Gasteiger charge is -2.06. The maximum Gasteiger partial charge on any atom is 0.308 e. The number of hydrogen-bond acceptors (Lipinski definition) is 7. The monoisotopic (exact) mass is 319 g/mol. The lowest BCUT2D eigenvalue weighted by Crippen LogP contribution is -2.26. The van der Waals surface area contributed by atoms with Crippen molar-refractivity contribution in [1.82, 2.24) is 5.32 Å². The zero-order valence-corrected chi connectivity index (χ0v) is 12.3. The van der Waals surface area contributed by atoms with Crippen molar-refractivity contribution in [1.29, 1.82) is 0 Å². The second kappa shape index (κ2) is 7.32. The summed E-state index contributed by atoms with van der Waals surface area (Å²) in [4.78, 5) is 33.2. The van der Waals surface area contributed by atoms with Gasteiger partial charge in [0.15, 0.2) is 22.4 Å². The largest absolute Gasteiger partial charge is 0.444 e. The smallest absolute Gasteiger partial charge is 0.308 e. The minimum Gasteiger partial charge on any atom is -0.444 e. The number of aliphatic hydroxyl groups is 1. The fourth-order valence-corrected chi connectivity index (χ4v) is 3.03. The average molecular weight is 319 g/mol. The lowest BCUT2D eigenvalue weighted by atomic mass is 10.2. The molecule has 0 heterocycles. The number of ether oxygens (including phenoxy) is 1. The van der Waals surface area contributed by atoms with Gasteiger partial charge in [0.05, 0.1) is 24.0 Å². The SMILES string of the molecule is CC(=O)NCOC(=O)CCS(=O)(=O)CC1=C[C@H](O)CC1=O. The second-order valence-electron chi connectivity index (χ2n) is 4.62. The van der Waals surface area contributed by atoms with E-state index in [4.69, 9.17) is 0 Å². The van der Waals surface area contributed by atoms with Crippen molar-refractivity contribution in [2.75, 3.05) is 18.2 Å². The summed E-state index contributed by atoms with van der Waals surface area (Å²) in [6, 6.07) is 0. The molecule has 0 spiro atoms.